The summed E-state index contributed by atoms with van der Waals surface area (Å²) in [6.07, 6.45) is 3.99. The molecule has 0 unspecified atom stereocenters. The Morgan fingerprint density at radius 3 is 2.88 bits per heavy atom. The first-order valence-corrected chi connectivity index (χ1v) is 9.30. The molecule has 0 bridgehead atoms. The van der Waals surface area contributed by atoms with E-state index in [9.17, 15) is 4.79 Å². The van der Waals surface area contributed by atoms with Gasteiger partial charge in [0, 0.05) is 38.5 Å². The summed E-state index contributed by atoms with van der Waals surface area (Å²) >= 11 is 0. The molecule has 1 aliphatic heterocycles. The van der Waals surface area contributed by atoms with E-state index in [2.05, 4.69) is 39.1 Å². The first kappa shape index (κ1) is 17.6. The molecule has 1 amide bonds. The van der Waals surface area contributed by atoms with Crippen LogP contribution in [0.2, 0.25) is 0 Å². The molecule has 0 saturated heterocycles. The van der Waals surface area contributed by atoms with E-state index in [1.165, 1.54) is 11.1 Å². The molecule has 2 aliphatic rings. The maximum atomic E-state index is 11.6. The maximum absolute atomic E-state index is 11.6. The lowest BCUT2D eigenvalue weighted by Crippen LogP contribution is -2.41. The summed E-state index contributed by atoms with van der Waals surface area (Å²) in [6, 6.07) is 6.41. The van der Waals surface area contributed by atoms with Gasteiger partial charge in [0.15, 0.2) is 5.96 Å². The van der Waals surface area contributed by atoms with Crippen molar-refractivity contribution < 1.29 is 9.53 Å². The topological polar surface area (TPSA) is 74.8 Å². The van der Waals surface area contributed by atoms with Crippen LogP contribution in [-0.4, -0.2) is 44.7 Å². The molecule has 1 aromatic carbocycles. The average Bonchev–Trinajstić information content (AvgIpc) is 3.36. The van der Waals surface area contributed by atoms with E-state index in [-0.39, 0.29) is 11.8 Å². The Balaban J connectivity index is 1.40. The second-order valence-corrected chi connectivity index (χ2v) is 6.54. The average molecular weight is 344 g/mol. The van der Waals surface area contributed by atoms with Gasteiger partial charge in [-0.15, -0.1) is 0 Å². The van der Waals surface area contributed by atoms with Crippen molar-refractivity contribution >= 4 is 11.9 Å². The minimum atomic E-state index is 0.185. The van der Waals surface area contributed by atoms with Crippen LogP contribution in [0.4, 0.5) is 0 Å². The van der Waals surface area contributed by atoms with E-state index in [0.29, 0.717) is 13.1 Å². The number of guanidine groups is 1. The molecule has 25 heavy (non-hydrogen) atoms. The smallest absolute Gasteiger partial charge is 0.223 e. The van der Waals surface area contributed by atoms with Crippen molar-refractivity contribution in [2.45, 2.75) is 32.6 Å². The van der Waals surface area contributed by atoms with Crippen molar-refractivity contribution in [2.24, 2.45) is 10.9 Å². The molecule has 0 aromatic heterocycles. The summed E-state index contributed by atoms with van der Waals surface area (Å²) < 4.78 is 5.54. The Kier molecular flexibility index (Phi) is 6.14. The van der Waals surface area contributed by atoms with E-state index >= 15 is 0 Å². The molecule has 1 fully saturated rings. The molecule has 6 heteroatoms. The first-order chi connectivity index (χ1) is 12.3. The van der Waals surface area contributed by atoms with Gasteiger partial charge in [0.05, 0.1) is 6.61 Å². The number of amides is 1. The standard InChI is InChI=1S/C19H28N4O2/c1-2-20-19(23-11-10-21-18(24)15-4-5-15)22-9-7-14-3-6-17-16(13-14)8-12-25-17/h3,6,13,15H,2,4-5,7-12H2,1H3,(H,21,24)(H2,20,22,23). The number of aliphatic imine (C=N–C) groups is 1. The third-order valence-electron chi connectivity index (χ3n) is 4.43. The summed E-state index contributed by atoms with van der Waals surface area (Å²) in [5.74, 6) is 2.27. The number of hydrogen-bond acceptors (Lipinski definition) is 3. The zero-order valence-electron chi connectivity index (χ0n) is 14.9. The molecule has 3 rings (SSSR count). The number of ether oxygens (including phenoxy) is 1. The second-order valence-electron chi connectivity index (χ2n) is 6.54. The number of rotatable bonds is 8. The van der Waals surface area contributed by atoms with E-state index < -0.39 is 0 Å². The number of nitrogens with one attached hydrogen (secondary N) is 3. The highest BCUT2D eigenvalue weighted by molar-refractivity contribution is 5.81. The van der Waals surface area contributed by atoms with Gasteiger partial charge in [0.2, 0.25) is 5.91 Å². The van der Waals surface area contributed by atoms with Crippen LogP contribution < -0.4 is 20.7 Å². The van der Waals surface area contributed by atoms with Gasteiger partial charge in [-0.3, -0.25) is 9.79 Å². The predicted octanol–water partition coefficient (Wildman–Crippen LogP) is 1.25. The van der Waals surface area contributed by atoms with Crippen molar-refractivity contribution in [1.82, 2.24) is 16.0 Å². The number of carbonyl (C=O) groups excluding carboxylic acids is 1. The lowest BCUT2D eigenvalue weighted by molar-refractivity contribution is -0.122. The first-order valence-electron chi connectivity index (χ1n) is 9.30. The monoisotopic (exact) mass is 344 g/mol. The fraction of sp³-hybridized carbons (Fsp3) is 0.579. The van der Waals surface area contributed by atoms with Gasteiger partial charge in [-0.05, 0) is 43.4 Å². The number of benzene rings is 1. The Morgan fingerprint density at radius 2 is 2.08 bits per heavy atom. The Bertz CT molecular complexity index is 626. The van der Waals surface area contributed by atoms with Gasteiger partial charge in [0.1, 0.15) is 5.75 Å². The van der Waals surface area contributed by atoms with Crippen molar-refractivity contribution in [2.75, 3.05) is 32.8 Å². The molecule has 1 aliphatic carbocycles. The number of fused-ring (bicyclic) bond motifs is 1. The highest BCUT2D eigenvalue weighted by atomic mass is 16.5. The summed E-state index contributed by atoms with van der Waals surface area (Å²) in [5, 5.41) is 9.46. The molecule has 1 saturated carbocycles. The van der Waals surface area contributed by atoms with Crippen molar-refractivity contribution in [3.8, 4) is 5.75 Å². The number of carbonyl (C=O) groups is 1. The van der Waals surface area contributed by atoms with Crippen LogP contribution in [0.25, 0.3) is 0 Å². The summed E-state index contributed by atoms with van der Waals surface area (Å²) in [6.45, 7) is 5.69. The fourth-order valence-electron chi connectivity index (χ4n) is 2.89. The molecule has 3 N–H and O–H groups in total. The van der Waals surface area contributed by atoms with Crippen LogP contribution >= 0.6 is 0 Å². The molecular weight excluding hydrogens is 316 g/mol. The lowest BCUT2D eigenvalue weighted by Gasteiger charge is -2.12. The molecule has 6 nitrogen and oxygen atoms in total. The Labute approximate surface area is 149 Å². The van der Waals surface area contributed by atoms with E-state index in [1.807, 2.05) is 6.92 Å². The van der Waals surface area contributed by atoms with Gasteiger partial charge in [-0.2, -0.15) is 0 Å². The van der Waals surface area contributed by atoms with Crippen LogP contribution in [0, 0.1) is 5.92 Å². The zero-order valence-corrected chi connectivity index (χ0v) is 14.9. The van der Waals surface area contributed by atoms with Crippen LogP contribution in [0.15, 0.2) is 23.2 Å². The van der Waals surface area contributed by atoms with Crippen molar-refractivity contribution in [1.29, 1.82) is 0 Å². The molecule has 1 heterocycles. The van der Waals surface area contributed by atoms with Crippen LogP contribution in [0.3, 0.4) is 0 Å². The van der Waals surface area contributed by atoms with Gasteiger partial charge < -0.3 is 20.7 Å². The lowest BCUT2D eigenvalue weighted by atomic mass is 10.1. The molecule has 0 radical (unpaired) electrons. The van der Waals surface area contributed by atoms with Crippen LogP contribution in [0.1, 0.15) is 30.9 Å². The minimum absolute atomic E-state index is 0.185. The van der Waals surface area contributed by atoms with Crippen molar-refractivity contribution in [3.05, 3.63) is 29.3 Å². The SMILES string of the molecule is CCNC(=NCCc1ccc2c(c1)CCO2)NCCNC(=O)C1CC1. The highest BCUT2D eigenvalue weighted by Gasteiger charge is 2.28. The zero-order chi connectivity index (χ0) is 17.5. The van der Waals surface area contributed by atoms with E-state index in [1.54, 1.807) is 0 Å². The quantitative estimate of drug-likeness (QED) is 0.377. The number of nitrogens with zero attached hydrogens (tertiary/aromatic N) is 1. The second kappa shape index (κ2) is 8.74. The van der Waals surface area contributed by atoms with Gasteiger partial charge in [0.25, 0.3) is 0 Å². The molecule has 136 valence electrons. The number of hydrogen-bond donors (Lipinski definition) is 3. The summed E-state index contributed by atoms with van der Waals surface area (Å²) in [7, 11) is 0. The molecule has 1 aromatic rings. The maximum Gasteiger partial charge on any atom is 0.223 e. The third kappa shape index (κ3) is 5.37. The Morgan fingerprint density at radius 1 is 1.24 bits per heavy atom. The third-order valence-corrected chi connectivity index (χ3v) is 4.43. The highest BCUT2D eigenvalue weighted by Crippen LogP contribution is 2.28. The van der Waals surface area contributed by atoms with E-state index in [0.717, 1.165) is 57.1 Å². The molecular formula is C19H28N4O2. The van der Waals surface area contributed by atoms with Crippen LogP contribution in [-0.2, 0) is 17.6 Å². The van der Waals surface area contributed by atoms with E-state index in [4.69, 9.17) is 4.74 Å². The van der Waals surface area contributed by atoms with Crippen LogP contribution in [0.5, 0.6) is 5.75 Å². The van der Waals surface area contributed by atoms with Gasteiger partial charge in [-0.1, -0.05) is 12.1 Å². The van der Waals surface area contributed by atoms with Gasteiger partial charge in [-0.25, -0.2) is 0 Å². The van der Waals surface area contributed by atoms with Crippen molar-refractivity contribution in [3.63, 3.8) is 0 Å². The Hall–Kier alpha value is -2.24. The molecule has 0 spiro atoms. The summed E-state index contributed by atoms with van der Waals surface area (Å²) in [4.78, 5) is 16.2. The predicted molar refractivity (Wildman–Crippen MR) is 99.1 cm³/mol. The minimum Gasteiger partial charge on any atom is -0.493 e. The largest absolute Gasteiger partial charge is 0.493 e. The fourth-order valence-corrected chi connectivity index (χ4v) is 2.89. The van der Waals surface area contributed by atoms with Gasteiger partial charge >= 0.3 is 0 Å². The molecule has 0 atom stereocenters. The summed E-state index contributed by atoms with van der Waals surface area (Å²) in [5.41, 5.74) is 2.60. The normalized spacial score (nSPS) is 16.1.